The normalized spacial score (nSPS) is 30.7. The highest BCUT2D eigenvalue weighted by Gasteiger charge is 2.49. The van der Waals surface area contributed by atoms with Gasteiger partial charge in [0.1, 0.15) is 35.7 Å². The molecule has 2 aliphatic heterocycles. The van der Waals surface area contributed by atoms with Gasteiger partial charge in [0.2, 0.25) is 6.29 Å². The molecule has 1 aromatic heterocycles. The Morgan fingerprint density at radius 1 is 1.00 bits per heavy atom. The summed E-state index contributed by atoms with van der Waals surface area (Å²) in [7, 11) is 0. The van der Waals surface area contributed by atoms with Crippen LogP contribution in [0, 0.1) is 6.92 Å². The number of fused-ring (bicyclic) bond motifs is 2. The van der Waals surface area contributed by atoms with E-state index in [9.17, 15) is 15.0 Å². The van der Waals surface area contributed by atoms with Gasteiger partial charge in [-0.1, -0.05) is 30.3 Å². The molecule has 8 nitrogen and oxygen atoms in total. The van der Waals surface area contributed by atoms with Crippen LogP contribution in [-0.2, 0) is 14.2 Å². The summed E-state index contributed by atoms with van der Waals surface area (Å²) in [5, 5.41) is 22.1. The lowest BCUT2D eigenvalue weighted by Gasteiger charge is -2.46. The molecule has 3 heterocycles. The van der Waals surface area contributed by atoms with Crippen LogP contribution in [0.3, 0.4) is 0 Å². The fourth-order valence-corrected chi connectivity index (χ4v) is 3.97. The topological polar surface area (TPSA) is 108 Å². The third-order valence-electron chi connectivity index (χ3n) is 5.58. The lowest BCUT2D eigenvalue weighted by Crippen LogP contribution is -2.62. The highest BCUT2D eigenvalue weighted by Crippen LogP contribution is 2.35. The van der Waals surface area contributed by atoms with Crippen molar-refractivity contribution in [2.45, 2.75) is 43.9 Å². The van der Waals surface area contributed by atoms with E-state index in [4.69, 9.17) is 23.4 Å². The number of aryl methyl sites for hydroxylation is 1. The summed E-state index contributed by atoms with van der Waals surface area (Å²) < 4.78 is 28.5. The summed E-state index contributed by atoms with van der Waals surface area (Å²) in [4.78, 5) is 11.7. The van der Waals surface area contributed by atoms with Gasteiger partial charge < -0.3 is 33.6 Å². The Balaban J connectivity index is 1.33. The van der Waals surface area contributed by atoms with Crippen molar-refractivity contribution in [3.05, 3.63) is 76.1 Å². The van der Waals surface area contributed by atoms with E-state index in [1.807, 2.05) is 37.3 Å². The predicted octanol–water partition coefficient (Wildman–Crippen LogP) is 2.04. The zero-order valence-corrected chi connectivity index (χ0v) is 16.7. The number of hydrogen-bond acceptors (Lipinski definition) is 8. The van der Waals surface area contributed by atoms with Gasteiger partial charge in [0.25, 0.3) is 0 Å². The van der Waals surface area contributed by atoms with Crippen LogP contribution in [0.1, 0.15) is 17.4 Å². The number of aliphatic hydroxyl groups excluding tert-OH is 2. The van der Waals surface area contributed by atoms with Crippen LogP contribution < -0.4 is 10.4 Å². The number of ether oxygens (including phenoxy) is 4. The van der Waals surface area contributed by atoms with Gasteiger partial charge >= 0.3 is 5.63 Å². The Bertz CT molecular complexity index is 1130. The first-order valence-corrected chi connectivity index (χ1v) is 10.0. The average Bonchev–Trinajstić information content (AvgIpc) is 2.77. The highest BCUT2D eigenvalue weighted by atomic mass is 16.8. The summed E-state index contributed by atoms with van der Waals surface area (Å²) in [5.74, 6) is 0.329. The second-order valence-corrected chi connectivity index (χ2v) is 7.73. The van der Waals surface area contributed by atoms with Gasteiger partial charge in [-0.3, -0.25) is 0 Å². The van der Waals surface area contributed by atoms with Crippen molar-refractivity contribution in [2.24, 2.45) is 0 Å². The molecule has 2 aromatic carbocycles. The van der Waals surface area contributed by atoms with Crippen molar-refractivity contribution in [2.75, 3.05) is 6.61 Å². The maximum Gasteiger partial charge on any atom is 0.336 e. The summed E-state index contributed by atoms with van der Waals surface area (Å²) in [6.07, 6.45) is -5.78. The van der Waals surface area contributed by atoms with Crippen LogP contribution in [0.5, 0.6) is 5.75 Å². The van der Waals surface area contributed by atoms with Crippen molar-refractivity contribution in [3.8, 4) is 5.75 Å². The van der Waals surface area contributed by atoms with E-state index in [0.717, 1.165) is 16.5 Å². The third-order valence-corrected chi connectivity index (χ3v) is 5.58. The zero-order chi connectivity index (χ0) is 21.5. The molecular weight excluding hydrogens is 404 g/mol. The number of aliphatic hydroxyl groups is 2. The average molecular weight is 426 g/mol. The first-order valence-electron chi connectivity index (χ1n) is 10.0. The molecule has 5 rings (SSSR count). The minimum Gasteiger partial charge on any atom is -0.462 e. The lowest BCUT2D eigenvalue weighted by atomic mass is 9.98. The van der Waals surface area contributed by atoms with E-state index in [0.29, 0.717) is 11.3 Å². The number of rotatable bonds is 3. The van der Waals surface area contributed by atoms with Gasteiger partial charge in [0.15, 0.2) is 6.29 Å². The molecular formula is C23H22O8. The first kappa shape index (κ1) is 20.2. The third kappa shape index (κ3) is 3.84. The van der Waals surface area contributed by atoms with Crippen molar-refractivity contribution < 1.29 is 33.6 Å². The SMILES string of the molecule is Cc1cc(=O)oc2cc(O[C@@H]3O[C@@H]4CO[C@@H](c5ccccc5)O[C@@H]4[C@H](O)[C@H]3O)ccc12. The summed E-state index contributed by atoms with van der Waals surface area (Å²) in [6, 6.07) is 15.8. The molecule has 2 saturated heterocycles. The highest BCUT2D eigenvalue weighted by molar-refractivity contribution is 5.81. The van der Waals surface area contributed by atoms with E-state index >= 15 is 0 Å². The molecule has 2 fully saturated rings. The van der Waals surface area contributed by atoms with E-state index in [2.05, 4.69) is 0 Å². The van der Waals surface area contributed by atoms with Crippen LogP contribution in [0.2, 0.25) is 0 Å². The molecule has 0 saturated carbocycles. The second kappa shape index (κ2) is 8.07. The molecule has 0 amide bonds. The lowest BCUT2D eigenvalue weighted by molar-refractivity contribution is -0.350. The fraction of sp³-hybridized carbons (Fsp3) is 0.348. The quantitative estimate of drug-likeness (QED) is 0.613. The van der Waals surface area contributed by atoms with Gasteiger partial charge in [-0.15, -0.1) is 0 Å². The van der Waals surface area contributed by atoms with Gasteiger partial charge in [0, 0.05) is 23.1 Å². The van der Waals surface area contributed by atoms with Crippen LogP contribution in [0.15, 0.2) is 63.8 Å². The molecule has 162 valence electrons. The predicted molar refractivity (Wildman–Crippen MR) is 109 cm³/mol. The van der Waals surface area contributed by atoms with E-state index < -0.39 is 42.6 Å². The number of hydrogen-bond donors (Lipinski definition) is 2. The molecule has 0 spiro atoms. The molecule has 8 heteroatoms. The van der Waals surface area contributed by atoms with Crippen LogP contribution in [-0.4, -0.2) is 47.5 Å². The molecule has 0 aliphatic carbocycles. The Hall–Kier alpha value is -2.75. The number of benzene rings is 2. The molecule has 6 atom stereocenters. The maximum atomic E-state index is 11.7. The molecule has 2 aliphatic rings. The van der Waals surface area contributed by atoms with E-state index in [-0.39, 0.29) is 6.61 Å². The second-order valence-electron chi connectivity index (χ2n) is 7.73. The Morgan fingerprint density at radius 3 is 2.61 bits per heavy atom. The Labute approximate surface area is 177 Å². The molecule has 0 radical (unpaired) electrons. The van der Waals surface area contributed by atoms with Crippen LogP contribution >= 0.6 is 0 Å². The summed E-state index contributed by atoms with van der Waals surface area (Å²) in [6.45, 7) is 1.98. The van der Waals surface area contributed by atoms with Crippen molar-refractivity contribution >= 4 is 11.0 Å². The zero-order valence-electron chi connectivity index (χ0n) is 16.7. The molecule has 0 bridgehead atoms. The van der Waals surface area contributed by atoms with Gasteiger partial charge in [-0.25, -0.2) is 4.79 Å². The minimum absolute atomic E-state index is 0.166. The monoisotopic (exact) mass is 426 g/mol. The molecule has 3 aromatic rings. The molecule has 0 unspecified atom stereocenters. The van der Waals surface area contributed by atoms with Crippen LogP contribution in [0.25, 0.3) is 11.0 Å². The molecule has 2 N–H and O–H groups in total. The minimum atomic E-state index is -1.35. The van der Waals surface area contributed by atoms with Gasteiger partial charge in [0.05, 0.1) is 6.61 Å². The maximum absolute atomic E-state index is 11.7. The molecule has 31 heavy (non-hydrogen) atoms. The summed E-state index contributed by atoms with van der Waals surface area (Å²) in [5.41, 5.74) is 1.50. The van der Waals surface area contributed by atoms with Crippen LogP contribution in [0.4, 0.5) is 0 Å². The van der Waals surface area contributed by atoms with Crippen molar-refractivity contribution in [3.63, 3.8) is 0 Å². The summed E-state index contributed by atoms with van der Waals surface area (Å²) >= 11 is 0. The van der Waals surface area contributed by atoms with Gasteiger partial charge in [-0.2, -0.15) is 0 Å². The van der Waals surface area contributed by atoms with E-state index in [1.54, 1.807) is 18.2 Å². The smallest absolute Gasteiger partial charge is 0.336 e. The standard InChI is InChI=1S/C23H22O8/c1-12-9-18(24)29-16-10-14(7-8-15(12)16)28-23-20(26)19(25)21-17(30-23)11-27-22(31-21)13-5-3-2-4-6-13/h2-10,17,19-23,25-26H,11H2,1H3/t17-,19-,20-,21+,22-,23-/m1/s1. The fourth-order valence-electron chi connectivity index (χ4n) is 3.97. The van der Waals surface area contributed by atoms with E-state index in [1.165, 1.54) is 6.07 Å². The first-order chi connectivity index (χ1) is 15.0. The largest absolute Gasteiger partial charge is 0.462 e. The van der Waals surface area contributed by atoms with Crippen molar-refractivity contribution in [1.82, 2.24) is 0 Å². The van der Waals surface area contributed by atoms with Crippen molar-refractivity contribution in [1.29, 1.82) is 0 Å². The Morgan fingerprint density at radius 2 is 1.81 bits per heavy atom. The Kier molecular flexibility index (Phi) is 5.25. The van der Waals surface area contributed by atoms with Gasteiger partial charge in [-0.05, 0) is 24.6 Å².